The number of ether oxygens (including phenoxy) is 1. The van der Waals surface area contributed by atoms with Gasteiger partial charge in [0, 0.05) is 33.0 Å². The van der Waals surface area contributed by atoms with Gasteiger partial charge in [0.05, 0.1) is 18.2 Å². The fourth-order valence-electron chi connectivity index (χ4n) is 9.03. The topological polar surface area (TPSA) is 12.5 Å². The predicted molar refractivity (Wildman–Crippen MR) is 238 cm³/mol. The summed E-state index contributed by atoms with van der Waals surface area (Å²) in [5.74, 6) is 1.24. The lowest BCUT2D eigenvalue weighted by Gasteiger charge is -2.32. The Morgan fingerprint density at radius 1 is 0.456 bits per heavy atom. The van der Waals surface area contributed by atoms with Gasteiger partial charge in [-0.3, -0.25) is 0 Å². The number of fused-ring (bicyclic) bond motifs is 5. The zero-order valence-corrected chi connectivity index (χ0v) is 31.5. The molecule has 2 nitrogen and oxygen atoms in total. The van der Waals surface area contributed by atoms with Gasteiger partial charge >= 0.3 is 0 Å². The van der Waals surface area contributed by atoms with E-state index in [1.807, 2.05) is 18.2 Å². The lowest BCUT2D eigenvalue weighted by molar-refractivity contribution is 0.487. The van der Waals surface area contributed by atoms with Crippen LogP contribution in [0.2, 0.25) is 0 Å². The highest BCUT2D eigenvalue weighted by Crippen LogP contribution is 2.56. The molecule has 9 aromatic carbocycles. The minimum Gasteiger partial charge on any atom is -0.456 e. The Labute approximate surface area is 340 Å². The third kappa shape index (κ3) is 5.33. The quantitative estimate of drug-likeness (QED) is 0.169. The zero-order valence-electron chi connectivity index (χ0n) is 36.5. The van der Waals surface area contributed by atoms with Crippen LogP contribution in [0.1, 0.15) is 31.8 Å². The maximum Gasteiger partial charge on any atom is 0.136 e. The van der Waals surface area contributed by atoms with Gasteiger partial charge in [0.25, 0.3) is 0 Å². The Balaban J connectivity index is 1.17. The standard InChI is InChI=1S/C55H39NO/c1-55(2)47-25-13-12-22-45(47)54-48(55)26-15-27-50(54)56(42-33-40(37-18-8-4-9-19-37)32-41(34-42)38-20-10-5-11-21-38)49-30-31-51-53-44(23-14-24-46(49)53)43-29-28-39(35-52(43)57-51)36-16-6-3-7-17-36/h3-35H,1-2H3/i3D,6D,7D,16D,17D. The fourth-order valence-corrected chi connectivity index (χ4v) is 9.03. The Kier molecular flexibility index (Phi) is 6.43. The van der Waals surface area contributed by atoms with Crippen molar-refractivity contribution in [2.75, 3.05) is 4.90 Å². The second-order valence-corrected chi connectivity index (χ2v) is 15.3. The minimum absolute atomic E-state index is 0.144. The van der Waals surface area contributed by atoms with E-state index in [1.165, 1.54) is 22.3 Å². The van der Waals surface area contributed by atoms with Crippen LogP contribution in [0.25, 0.3) is 66.4 Å². The third-order valence-electron chi connectivity index (χ3n) is 11.7. The summed E-state index contributed by atoms with van der Waals surface area (Å²) in [4.78, 5) is 2.43. The SMILES string of the molecule is [2H]c1c([2H])c([2H])c(-c2ccc3c(c2)Oc2ccc(N(c4cc(-c5ccccc5)cc(-c5ccccc5)c4)c4cccc5c4-c4ccccc4C5(C)C)c4cccc-3c24)c([2H])c1[2H]. The number of rotatable bonds is 6. The van der Waals surface area contributed by atoms with E-state index in [9.17, 15) is 0 Å². The van der Waals surface area contributed by atoms with Crippen molar-refractivity contribution in [3.8, 4) is 67.1 Å². The molecule has 270 valence electrons. The van der Waals surface area contributed by atoms with Gasteiger partial charge in [0.15, 0.2) is 0 Å². The summed E-state index contributed by atoms with van der Waals surface area (Å²) >= 11 is 0. The van der Waals surface area contributed by atoms with E-state index in [-0.39, 0.29) is 35.1 Å². The van der Waals surface area contributed by atoms with Crippen LogP contribution in [0, 0.1) is 0 Å². The first kappa shape index (κ1) is 28.3. The molecule has 0 atom stereocenters. The molecule has 0 saturated heterocycles. The van der Waals surface area contributed by atoms with E-state index in [0.717, 1.165) is 61.2 Å². The van der Waals surface area contributed by atoms with Crippen molar-refractivity contribution >= 4 is 27.8 Å². The van der Waals surface area contributed by atoms with Crippen molar-refractivity contribution in [2.45, 2.75) is 19.3 Å². The summed E-state index contributed by atoms with van der Waals surface area (Å²) in [6, 6.07) is 57.9. The molecule has 2 aliphatic rings. The van der Waals surface area contributed by atoms with Crippen molar-refractivity contribution in [1.29, 1.82) is 0 Å². The first-order valence-corrected chi connectivity index (χ1v) is 19.3. The van der Waals surface area contributed by atoms with Gasteiger partial charge in [-0.1, -0.05) is 165 Å². The molecule has 0 fully saturated rings. The van der Waals surface area contributed by atoms with Crippen LogP contribution in [0.4, 0.5) is 17.1 Å². The molecule has 11 rings (SSSR count). The Morgan fingerprint density at radius 3 is 1.88 bits per heavy atom. The highest BCUT2D eigenvalue weighted by atomic mass is 16.5. The molecule has 0 unspecified atom stereocenters. The Morgan fingerprint density at radius 2 is 1.12 bits per heavy atom. The maximum absolute atomic E-state index is 8.64. The summed E-state index contributed by atoms with van der Waals surface area (Å²) in [5.41, 5.74) is 14.8. The molecule has 0 bridgehead atoms. The van der Waals surface area contributed by atoms with E-state index in [4.69, 9.17) is 11.6 Å². The van der Waals surface area contributed by atoms with Crippen LogP contribution in [0.5, 0.6) is 11.5 Å². The molecule has 9 aromatic rings. The molecule has 0 amide bonds. The van der Waals surface area contributed by atoms with Crippen LogP contribution in [-0.4, -0.2) is 0 Å². The number of hydrogen-bond acceptors (Lipinski definition) is 2. The zero-order chi connectivity index (χ0) is 42.4. The molecule has 1 heterocycles. The molecule has 0 spiro atoms. The van der Waals surface area contributed by atoms with Crippen LogP contribution >= 0.6 is 0 Å². The Bertz CT molecular complexity index is 3220. The van der Waals surface area contributed by atoms with Gasteiger partial charge in [-0.2, -0.15) is 0 Å². The molecular weight excluding hydrogens is 691 g/mol. The van der Waals surface area contributed by atoms with E-state index in [2.05, 4.69) is 164 Å². The molecule has 0 saturated carbocycles. The number of nitrogens with zero attached hydrogens (tertiary/aromatic N) is 1. The Hall–Kier alpha value is -7.16. The van der Waals surface area contributed by atoms with Gasteiger partial charge in [0.1, 0.15) is 11.5 Å². The number of hydrogen-bond donors (Lipinski definition) is 0. The predicted octanol–water partition coefficient (Wildman–Crippen LogP) is 15.4. The molecule has 0 N–H and O–H groups in total. The molecule has 0 aromatic heterocycles. The lowest BCUT2D eigenvalue weighted by atomic mass is 9.82. The third-order valence-corrected chi connectivity index (χ3v) is 11.7. The van der Waals surface area contributed by atoms with Gasteiger partial charge < -0.3 is 9.64 Å². The normalized spacial score (nSPS) is 14.2. The van der Waals surface area contributed by atoms with Crippen molar-refractivity contribution in [3.05, 3.63) is 211 Å². The second-order valence-electron chi connectivity index (χ2n) is 15.3. The maximum atomic E-state index is 8.64. The highest BCUT2D eigenvalue weighted by Gasteiger charge is 2.38. The van der Waals surface area contributed by atoms with Gasteiger partial charge in [-0.15, -0.1) is 0 Å². The van der Waals surface area contributed by atoms with E-state index in [1.54, 1.807) is 6.07 Å². The van der Waals surface area contributed by atoms with Crippen LogP contribution in [-0.2, 0) is 5.41 Å². The molecule has 2 heteroatoms. The summed E-state index contributed by atoms with van der Waals surface area (Å²) in [6.07, 6.45) is 0. The fraction of sp³-hybridized carbons (Fsp3) is 0.0545. The van der Waals surface area contributed by atoms with Crippen molar-refractivity contribution in [3.63, 3.8) is 0 Å². The van der Waals surface area contributed by atoms with E-state index in [0.29, 0.717) is 17.1 Å². The van der Waals surface area contributed by atoms with Crippen LogP contribution < -0.4 is 9.64 Å². The number of benzene rings is 9. The summed E-state index contributed by atoms with van der Waals surface area (Å²) in [5, 5.41) is 1.98. The molecule has 1 aliphatic heterocycles. The van der Waals surface area contributed by atoms with Crippen molar-refractivity contribution in [1.82, 2.24) is 0 Å². The summed E-state index contributed by atoms with van der Waals surface area (Å²) < 4.78 is 48.7. The first-order chi connectivity index (χ1) is 30.1. The van der Waals surface area contributed by atoms with Gasteiger partial charge in [-0.25, -0.2) is 0 Å². The first-order valence-electron chi connectivity index (χ1n) is 21.8. The van der Waals surface area contributed by atoms with E-state index >= 15 is 0 Å². The summed E-state index contributed by atoms with van der Waals surface area (Å²) in [6.45, 7) is 4.63. The average Bonchev–Trinajstić information content (AvgIpc) is 3.55. The van der Waals surface area contributed by atoms with Gasteiger partial charge in [-0.05, 0) is 104 Å². The summed E-state index contributed by atoms with van der Waals surface area (Å²) in [7, 11) is 0. The average molecular weight is 735 g/mol. The molecule has 57 heavy (non-hydrogen) atoms. The van der Waals surface area contributed by atoms with E-state index < -0.39 is 6.04 Å². The van der Waals surface area contributed by atoms with Crippen molar-refractivity contribution in [2.24, 2.45) is 0 Å². The minimum atomic E-state index is -0.417. The van der Waals surface area contributed by atoms with Crippen LogP contribution in [0.3, 0.4) is 0 Å². The van der Waals surface area contributed by atoms with Crippen molar-refractivity contribution < 1.29 is 11.6 Å². The second kappa shape index (κ2) is 13.0. The monoisotopic (exact) mass is 734 g/mol. The highest BCUT2D eigenvalue weighted by molar-refractivity contribution is 6.12. The molecular formula is C55H39NO. The largest absolute Gasteiger partial charge is 0.456 e. The lowest BCUT2D eigenvalue weighted by Crippen LogP contribution is -2.16. The number of anilines is 3. The van der Waals surface area contributed by atoms with Crippen LogP contribution in [0.15, 0.2) is 200 Å². The molecule has 1 aliphatic carbocycles. The smallest absolute Gasteiger partial charge is 0.136 e. The van der Waals surface area contributed by atoms with Gasteiger partial charge in [0.2, 0.25) is 0 Å². The molecule has 0 radical (unpaired) electrons.